The lowest BCUT2D eigenvalue weighted by atomic mass is 9.81. The number of hydrogen-bond acceptors (Lipinski definition) is 0. The van der Waals surface area contributed by atoms with Crippen molar-refractivity contribution in [1.82, 2.24) is 0 Å². The highest BCUT2D eigenvalue weighted by Gasteiger charge is 2.22. The summed E-state index contributed by atoms with van der Waals surface area (Å²) in [6.07, 6.45) is 0. The molecule has 0 fully saturated rings. The minimum absolute atomic E-state index is 1.32. The molecule has 11 rings (SSSR count). The van der Waals surface area contributed by atoms with Gasteiger partial charge in [0.05, 0.1) is 0 Å². The Morgan fingerprint density at radius 2 is 0.405 bits per heavy atom. The van der Waals surface area contributed by atoms with Gasteiger partial charge in [0.1, 0.15) is 0 Å². The van der Waals surface area contributed by atoms with Gasteiger partial charge in [-0.1, -0.05) is 121 Å². The second-order valence-electron chi connectivity index (χ2n) is 11.9. The van der Waals surface area contributed by atoms with Gasteiger partial charge in [0.2, 0.25) is 0 Å². The number of benzene rings is 11. The zero-order valence-electron chi connectivity index (χ0n) is 22.7. The minimum Gasteiger partial charge on any atom is -0.0616 e. The SMILES string of the molecule is c1ccc2c(c1)c1ccccc1c1cc3c(cc21)c1cccc2c4cccc5c6ccccc6c6ccc3c(c12)c6c54. The first-order valence-corrected chi connectivity index (χ1v) is 14.8. The molecule has 0 atom stereocenters. The van der Waals surface area contributed by atoms with E-state index in [0.717, 1.165) is 0 Å². The molecule has 190 valence electrons. The van der Waals surface area contributed by atoms with Gasteiger partial charge in [-0.05, 0) is 120 Å². The summed E-state index contributed by atoms with van der Waals surface area (Å²) in [7, 11) is 0. The maximum atomic E-state index is 2.49. The van der Waals surface area contributed by atoms with Crippen molar-refractivity contribution in [2.45, 2.75) is 0 Å². The third-order valence-corrected chi connectivity index (χ3v) is 10.1. The molecule has 0 aromatic heterocycles. The summed E-state index contributed by atoms with van der Waals surface area (Å²) >= 11 is 0. The van der Waals surface area contributed by atoms with Crippen LogP contribution < -0.4 is 0 Å². The summed E-state index contributed by atoms with van der Waals surface area (Å²) in [6, 6.07) is 50.3. The summed E-state index contributed by atoms with van der Waals surface area (Å²) < 4.78 is 0. The van der Waals surface area contributed by atoms with Gasteiger partial charge >= 0.3 is 0 Å². The van der Waals surface area contributed by atoms with Crippen molar-refractivity contribution >= 4 is 108 Å². The predicted molar refractivity (Wildman–Crippen MR) is 184 cm³/mol. The molecule has 0 bridgehead atoms. The third kappa shape index (κ3) is 2.35. The van der Waals surface area contributed by atoms with Gasteiger partial charge in [-0.25, -0.2) is 0 Å². The molecule has 0 saturated heterocycles. The lowest BCUT2D eigenvalue weighted by molar-refractivity contribution is 1.79. The number of fused-ring (bicyclic) bond motifs is 13. The molecule has 0 radical (unpaired) electrons. The standard InChI is InChI=1S/C42H22/c1-5-13-27-23(9-1)24-10-2-6-14-28(24)36-22-38-34-20-19-33-26-12-4-3-11-25(26)29-15-7-16-30-31-17-8-18-32(37(38)21-35(27)36)40(31)42(34)41(33)39(29)30/h1-22H. The molecule has 0 amide bonds. The largest absolute Gasteiger partial charge is 0.0616 e. The van der Waals surface area contributed by atoms with Crippen LogP contribution in [0.1, 0.15) is 0 Å². The normalized spacial score (nSPS) is 12.8. The van der Waals surface area contributed by atoms with Gasteiger partial charge in [0.15, 0.2) is 0 Å². The highest BCUT2D eigenvalue weighted by Crippen LogP contribution is 2.51. The Morgan fingerprint density at radius 3 is 0.833 bits per heavy atom. The van der Waals surface area contributed by atoms with Gasteiger partial charge in [-0.15, -0.1) is 0 Å². The van der Waals surface area contributed by atoms with Gasteiger partial charge in [0.25, 0.3) is 0 Å². The number of hydrogen-bond donors (Lipinski definition) is 0. The van der Waals surface area contributed by atoms with Crippen molar-refractivity contribution in [3.63, 3.8) is 0 Å². The minimum atomic E-state index is 1.32. The lowest BCUT2D eigenvalue weighted by Crippen LogP contribution is -1.93. The van der Waals surface area contributed by atoms with Crippen LogP contribution in [0.2, 0.25) is 0 Å². The van der Waals surface area contributed by atoms with E-state index in [1.165, 1.54) is 108 Å². The lowest BCUT2D eigenvalue weighted by Gasteiger charge is -2.22. The molecule has 0 spiro atoms. The molecule has 11 aromatic carbocycles. The fraction of sp³-hybridized carbons (Fsp3) is 0. The summed E-state index contributed by atoms with van der Waals surface area (Å²) in [4.78, 5) is 0. The van der Waals surface area contributed by atoms with Gasteiger partial charge in [-0.3, -0.25) is 0 Å². The molecule has 0 aliphatic heterocycles. The molecular formula is C42H22. The Morgan fingerprint density at radius 1 is 0.167 bits per heavy atom. The van der Waals surface area contributed by atoms with Crippen molar-refractivity contribution in [3.05, 3.63) is 133 Å². The quantitative estimate of drug-likeness (QED) is 0.136. The average molecular weight is 527 g/mol. The van der Waals surface area contributed by atoms with Crippen LogP contribution in [-0.4, -0.2) is 0 Å². The van der Waals surface area contributed by atoms with E-state index in [9.17, 15) is 0 Å². The first kappa shape index (κ1) is 21.3. The van der Waals surface area contributed by atoms with E-state index in [1.54, 1.807) is 0 Å². The molecule has 0 unspecified atom stereocenters. The summed E-state index contributed by atoms with van der Waals surface area (Å²) in [6.45, 7) is 0. The van der Waals surface area contributed by atoms with E-state index in [4.69, 9.17) is 0 Å². The average Bonchev–Trinajstić information content (AvgIpc) is 3.07. The van der Waals surface area contributed by atoms with Gasteiger partial charge < -0.3 is 0 Å². The molecule has 11 aromatic rings. The molecule has 0 heterocycles. The van der Waals surface area contributed by atoms with Crippen LogP contribution in [0.25, 0.3) is 108 Å². The maximum Gasteiger partial charge on any atom is -0.000740 e. The molecule has 0 N–H and O–H groups in total. The van der Waals surface area contributed by atoms with Crippen LogP contribution in [0.4, 0.5) is 0 Å². The number of rotatable bonds is 0. The topological polar surface area (TPSA) is 0 Å². The Kier molecular flexibility index (Phi) is 3.67. The highest BCUT2D eigenvalue weighted by atomic mass is 14.2. The Bertz CT molecular complexity index is 2940. The van der Waals surface area contributed by atoms with Gasteiger partial charge in [0, 0.05) is 0 Å². The summed E-state index contributed by atoms with van der Waals surface area (Å²) in [5.41, 5.74) is 0. The van der Waals surface area contributed by atoms with Crippen molar-refractivity contribution in [2.75, 3.05) is 0 Å². The zero-order valence-corrected chi connectivity index (χ0v) is 22.7. The Labute approximate surface area is 240 Å². The van der Waals surface area contributed by atoms with Crippen LogP contribution in [0, 0.1) is 0 Å². The Balaban J connectivity index is 1.50. The van der Waals surface area contributed by atoms with Crippen LogP contribution in [0.3, 0.4) is 0 Å². The zero-order chi connectivity index (χ0) is 27.1. The molecule has 42 heavy (non-hydrogen) atoms. The molecule has 0 saturated carbocycles. The fourth-order valence-corrected chi connectivity index (χ4v) is 8.46. The smallest absolute Gasteiger partial charge is 0.000740 e. The van der Waals surface area contributed by atoms with E-state index < -0.39 is 0 Å². The molecule has 0 aliphatic rings. The van der Waals surface area contributed by atoms with Crippen LogP contribution in [0.5, 0.6) is 0 Å². The van der Waals surface area contributed by atoms with E-state index in [2.05, 4.69) is 133 Å². The summed E-state index contributed by atoms with van der Waals surface area (Å²) in [5.74, 6) is 0. The fourth-order valence-electron chi connectivity index (χ4n) is 8.46. The van der Waals surface area contributed by atoms with Crippen molar-refractivity contribution in [3.8, 4) is 0 Å². The first-order chi connectivity index (χ1) is 20.9. The first-order valence-electron chi connectivity index (χ1n) is 14.8. The molecule has 0 nitrogen and oxygen atoms in total. The van der Waals surface area contributed by atoms with Crippen LogP contribution in [-0.2, 0) is 0 Å². The van der Waals surface area contributed by atoms with E-state index in [0.29, 0.717) is 0 Å². The van der Waals surface area contributed by atoms with Crippen molar-refractivity contribution in [1.29, 1.82) is 0 Å². The Hall–Kier alpha value is -5.46. The van der Waals surface area contributed by atoms with E-state index in [1.807, 2.05) is 0 Å². The van der Waals surface area contributed by atoms with Gasteiger partial charge in [-0.2, -0.15) is 0 Å². The summed E-state index contributed by atoms with van der Waals surface area (Å²) in [5, 5.41) is 27.0. The third-order valence-electron chi connectivity index (χ3n) is 10.1. The van der Waals surface area contributed by atoms with Crippen molar-refractivity contribution in [2.24, 2.45) is 0 Å². The van der Waals surface area contributed by atoms with Crippen molar-refractivity contribution < 1.29 is 0 Å². The molecular weight excluding hydrogens is 504 g/mol. The highest BCUT2D eigenvalue weighted by molar-refractivity contribution is 6.48. The monoisotopic (exact) mass is 526 g/mol. The van der Waals surface area contributed by atoms with Crippen LogP contribution >= 0.6 is 0 Å². The molecule has 0 heteroatoms. The second-order valence-corrected chi connectivity index (χ2v) is 11.9. The molecule has 0 aliphatic carbocycles. The maximum absolute atomic E-state index is 2.49. The van der Waals surface area contributed by atoms with E-state index >= 15 is 0 Å². The predicted octanol–water partition coefficient (Wildman–Crippen LogP) is 12.1. The second kappa shape index (κ2) is 7.24. The van der Waals surface area contributed by atoms with E-state index in [-0.39, 0.29) is 0 Å². The van der Waals surface area contributed by atoms with Crippen LogP contribution in [0.15, 0.2) is 133 Å².